The Morgan fingerprint density at radius 2 is 1.50 bits per heavy atom. The molecule has 1 aromatic carbocycles. The standard InChI is InChI=1S/C18H22F3NO2.C4H4O4/c1-11(12-3-5-13(6-4-12)18(19,20)21)17(23)24-16-9-14-7-8-15(10-16)22(14)2;5-3(6)1-2-4(7)8/h3-6,11,14-16H,7-10H2,1-2H3;1-2H,(H,5,6)(H,7,8)/p-2/b;2-1-. The zero-order valence-corrected chi connectivity index (χ0v) is 17.6. The van der Waals surface area contributed by atoms with Crippen molar-refractivity contribution in [1.29, 1.82) is 0 Å². The second-order valence-corrected chi connectivity index (χ2v) is 7.89. The highest BCUT2D eigenvalue weighted by Gasteiger charge is 2.40. The SMILES string of the molecule is CC(C(=O)OC1CC2CCC(C1)N2C)c1ccc(C(F)(F)F)cc1.O=C([O-])/C=C\C(=O)[O-]. The number of carbonyl (C=O) groups excluding carboxylic acids is 3. The molecule has 0 spiro atoms. The van der Waals surface area contributed by atoms with Crippen LogP contribution in [-0.4, -0.2) is 48.0 Å². The van der Waals surface area contributed by atoms with E-state index in [0.717, 1.165) is 37.8 Å². The van der Waals surface area contributed by atoms with Gasteiger partial charge in [0.15, 0.2) is 0 Å². The molecule has 2 aliphatic heterocycles. The van der Waals surface area contributed by atoms with E-state index in [4.69, 9.17) is 4.74 Å². The summed E-state index contributed by atoms with van der Waals surface area (Å²) in [7, 11) is 2.12. The molecule has 2 heterocycles. The van der Waals surface area contributed by atoms with Gasteiger partial charge < -0.3 is 29.4 Å². The first-order chi connectivity index (χ1) is 14.9. The van der Waals surface area contributed by atoms with Crippen molar-refractivity contribution < 1.29 is 42.5 Å². The summed E-state index contributed by atoms with van der Waals surface area (Å²) in [6, 6.07) is 5.68. The monoisotopic (exact) mass is 455 g/mol. The molecule has 1 aromatic rings. The third-order valence-corrected chi connectivity index (χ3v) is 5.78. The first-order valence-corrected chi connectivity index (χ1v) is 10.1. The minimum Gasteiger partial charge on any atom is -0.545 e. The number of carboxylic acids is 2. The molecule has 0 saturated carbocycles. The van der Waals surface area contributed by atoms with Gasteiger partial charge in [0.25, 0.3) is 0 Å². The Hall–Kier alpha value is -2.88. The molecule has 3 rings (SSSR count). The normalized spacial score (nSPS) is 23.8. The first kappa shape index (κ1) is 25.4. The van der Waals surface area contributed by atoms with Crippen LogP contribution >= 0.6 is 0 Å². The van der Waals surface area contributed by atoms with Crippen molar-refractivity contribution in [2.45, 2.75) is 62.9 Å². The van der Waals surface area contributed by atoms with Crippen LogP contribution in [-0.2, 0) is 25.3 Å². The number of alkyl halides is 3. The smallest absolute Gasteiger partial charge is 0.416 e. The number of esters is 1. The molecule has 7 nitrogen and oxygen atoms in total. The molecule has 0 amide bonds. The predicted molar refractivity (Wildman–Crippen MR) is 103 cm³/mol. The van der Waals surface area contributed by atoms with Crippen LogP contribution in [0.2, 0.25) is 0 Å². The molecular weight excluding hydrogens is 431 g/mol. The summed E-state index contributed by atoms with van der Waals surface area (Å²) in [5, 5.41) is 18.8. The number of hydrogen-bond donors (Lipinski definition) is 0. The van der Waals surface area contributed by atoms with Crippen LogP contribution in [0.1, 0.15) is 49.7 Å². The van der Waals surface area contributed by atoms with E-state index in [0.29, 0.717) is 29.8 Å². The van der Waals surface area contributed by atoms with Gasteiger partial charge in [-0.15, -0.1) is 0 Å². The average molecular weight is 455 g/mol. The third kappa shape index (κ3) is 7.08. The topological polar surface area (TPSA) is 110 Å². The fourth-order valence-corrected chi connectivity index (χ4v) is 3.96. The van der Waals surface area contributed by atoms with Crippen molar-refractivity contribution in [2.75, 3.05) is 7.05 Å². The number of carbonyl (C=O) groups is 3. The molecule has 176 valence electrons. The van der Waals surface area contributed by atoms with Crippen molar-refractivity contribution >= 4 is 17.9 Å². The van der Waals surface area contributed by atoms with Gasteiger partial charge in [-0.2, -0.15) is 13.2 Å². The summed E-state index contributed by atoms with van der Waals surface area (Å²) in [6.07, 6.45) is 0.299. The Labute approximate surface area is 183 Å². The van der Waals surface area contributed by atoms with E-state index in [2.05, 4.69) is 11.9 Å². The summed E-state index contributed by atoms with van der Waals surface area (Å²) in [4.78, 5) is 33.5. The molecule has 2 aliphatic rings. The molecule has 3 atom stereocenters. The second-order valence-electron chi connectivity index (χ2n) is 7.89. The van der Waals surface area contributed by atoms with E-state index < -0.39 is 29.6 Å². The molecule has 0 aromatic heterocycles. The lowest BCUT2D eigenvalue weighted by atomic mass is 9.98. The quantitative estimate of drug-likeness (QED) is 0.482. The summed E-state index contributed by atoms with van der Waals surface area (Å²) < 4.78 is 43.5. The largest absolute Gasteiger partial charge is 0.545 e. The number of rotatable bonds is 5. The van der Waals surface area contributed by atoms with Gasteiger partial charge in [0.1, 0.15) is 6.10 Å². The number of halogens is 3. The first-order valence-electron chi connectivity index (χ1n) is 10.1. The molecule has 10 heteroatoms. The highest BCUT2D eigenvalue weighted by molar-refractivity contribution is 5.87. The van der Waals surface area contributed by atoms with E-state index in [1.54, 1.807) is 6.92 Å². The van der Waals surface area contributed by atoms with Crippen LogP contribution in [0.5, 0.6) is 0 Å². The zero-order chi connectivity index (χ0) is 24.1. The lowest BCUT2D eigenvalue weighted by Crippen LogP contribution is -2.43. The highest BCUT2D eigenvalue weighted by Crippen LogP contribution is 2.36. The number of fused-ring (bicyclic) bond motifs is 2. The number of hydrogen-bond acceptors (Lipinski definition) is 7. The van der Waals surface area contributed by atoms with Gasteiger partial charge in [-0.05, 0) is 69.5 Å². The van der Waals surface area contributed by atoms with Crippen molar-refractivity contribution in [3.8, 4) is 0 Å². The summed E-state index contributed by atoms with van der Waals surface area (Å²) >= 11 is 0. The van der Waals surface area contributed by atoms with Gasteiger partial charge in [-0.1, -0.05) is 12.1 Å². The molecule has 0 N–H and O–H groups in total. The Morgan fingerprint density at radius 3 is 1.91 bits per heavy atom. The van der Waals surface area contributed by atoms with Gasteiger partial charge in [-0.25, -0.2) is 0 Å². The summed E-state index contributed by atoms with van der Waals surface area (Å²) in [5.41, 5.74) is -0.164. The number of aliphatic carboxylic acids is 2. The fraction of sp³-hybridized carbons (Fsp3) is 0.500. The van der Waals surface area contributed by atoms with Gasteiger partial charge in [-0.3, -0.25) is 4.79 Å². The lowest BCUT2D eigenvalue weighted by molar-refractivity contribution is -0.301. The lowest BCUT2D eigenvalue weighted by Gasteiger charge is -2.36. The predicted octanol–water partition coefficient (Wildman–Crippen LogP) is 1.02. The third-order valence-electron chi connectivity index (χ3n) is 5.78. The zero-order valence-electron chi connectivity index (χ0n) is 17.6. The molecule has 3 unspecified atom stereocenters. The Morgan fingerprint density at radius 1 is 1.03 bits per heavy atom. The summed E-state index contributed by atoms with van der Waals surface area (Å²) in [6.45, 7) is 1.68. The number of nitrogens with zero attached hydrogens (tertiary/aromatic N) is 1. The van der Waals surface area contributed by atoms with Crippen LogP contribution < -0.4 is 10.2 Å². The summed E-state index contributed by atoms with van der Waals surface area (Å²) in [5.74, 6) is -4.02. The Bertz CT molecular complexity index is 822. The molecule has 32 heavy (non-hydrogen) atoms. The molecule has 2 bridgehead atoms. The molecule has 2 saturated heterocycles. The van der Waals surface area contributed by atoms with Crippen molar-refractivity contribution in [1.82, 2.24) is 4.90 Å². The second kappa shape index (κ2) is 10.6. The van der Waals surface area contributed by atoms with Crippen LogP contribution in [0.25, 0.3) is 0 Å². The highest BCUT2D eigenvalue weighted by atomic mass is 19.4. The van der Waals surface area contributed by atoms with Gasteiger partial charge in [0.2, 0.25) is 0 Å². The van der Waals surface area contributed by atoms with Crippen LogP contribution in [0, 0.1) is 0 Å². The molecule has 0 aliphatic carbocycles. The van der Waals surface area contributed by atoms with Gasteiger partial charge in [0, 0.05) is 12.1 Å². The van der Waals surface area contributed by atoms with Crippen molar-refractivity contribution in [2.24, 2.45) is 0 Å². The number of benzene rings is 1. The Balaban J connectivity index is 0.000000390. The maximum absolute atomic E-state index is 12.6. The maximum atomic E-state index is 12.6. The Kier molecular flexibility index (Phi) is 8.43. The van der Waals surface area contributed by atoms with Crippen molar-refractivity contribution in [3.63, 3.8) is 0 Å². The average Bonchev–Trinajstić information content (AvgIpc) is 2.92. The van der Waals surface area contributed by atoms with Gasteiger partial charge in [0.05, 0.1) is 23.4 Å². The molecule has 2 fully saturated rings. The maximum Gasteiger partial charge on any atom is 0.416 e. The number of piperidine rings is 1. The van der Waals surface area contributed by atoms with Crippen LogP contribution in [0.15, 0.2) is 36.4 Å². The molecule has 0 radical (unpaired) electrons. The van der Waals surface area contributed by atoms with E-state index in [9.17, 15) is 37.8 Å². The number of ether oxygens (including phenoxy) is 1. The van der Waals surface area contributed by atoms with Crippen LogP contribution in [0.3, 0.4) is 0 Å². The van der Waals surface area contributed by atoms with E-state index in [1.165, 1.54) is 12.1 Å². The number of carboxylic acid groups (broad SMARTS) is 2. The van der Waals surface area contributed by atoms with E-state index in [-0.39, 0.29) is 12.1 Å². The fourth-order valence-electron chi connectivity index (χ4n) is 3.96. The minimum atomic E-state index is -4.37. The van der Waals surface area contributed by atoms with Crippen molar-refractivity contribution in [3.05, 3.63) is 47.5 Å². The van der Waals surface area contributed by atoms with E-state index in [1.807, 2.05) is 0 Å². The van der Waals surface area contributed by atoms with Crippen LogP contribution in [0.4, 0.5) is 13.2 Å². The molecular formula is C22H24F3NO6-2. The minimum absolute atomic E-state index is 0.0805. The van der Waals surface area contributed by atoms with Gasteiger partial charge >= 0.3 is 12.1 Å². The van der Waals surface area contributed by atoms with E-state index >= 15 is 0 Å².